The molecule has 116 valence electrons. The van der Waals surface area contributed by atoms with Crippen LogP contribution in [0, 0.1) is 0 Å². The van der Waals surface area contributed by atoms with E-state index in [2.05, 4.69) is 0 Å². The van der Waals surface area contributed by atoms with Crippen LogP contribution in [-0.2, 0) is 16.2 Å². The van der Waals surface area contributed by atoms with E-state index >= 15 is 0 Å². The molecule has 1 amide bonds. The van der Waals surface area contributed by atoms with Gasteiger partial charge in [0.25, 0.3) is 0 Å². The van der Waals surface area contributed by atoms with Crippen molar-refractivity contribution < 1.29 is 14.4 Å². The Kier molecular flexibility index (Phi) is 5.17. The molecule has 0 N–H and O–H groups in total. The number of ether oxygens (including phenoxy) is 1. The predicted octanol–water partition coefficient (Wildman–Crippen LogP) is 3.96. The summed E-state index contributed by atoms with van der Waals surface area (Å²) < 4.78 is 5.71. The molecular weight excluding hydrogens is 278 g/mol. The summed E-state index contributed by atoms with van der Waals surface area (Å²) in [5.74, 6) is 0.745. The van der Waals surface area contributed by atoms with Gasteiger partial charge in [0, 0.05) is 0 Å². The minimum Gasteiger partial charge on any atom is -0.489 e. The van der Waals surface area contributed by atoms with Gasteiger partial charge >= 0.3 is 0 Å². The van der Waals surface area contributed by atoms with Gasteiger partial charge in [0.05, 0.1) is 11.3 Å². The molecule has 0 unspecified atom stereocenters. The molecule has 0 aromatic heterocycles. The smallest absolute Gasteiger partial charge is 0.238 e. The summed E-state index contributed by atoms with van der Waals surface area (Å²) in [4.78, 5) is 16.7. The van der Waals surface area contributed by atoms with Crippen molar-refractivity contribution >= 4 is 12.1 Å². The first-order valence-corrected chi connectivity index (χ1v) is 7.18. The molecule has 0 aliphatic carbocycles. The lowest BCUT2D eigenvalue weighted by molar-refractivity contribution is -0.120. The molecule has 0 saturated heterocycles. The molecule has 0 fully saturated rings. The van der Waals surface area contributed by atoms with Crippen LogP contribution in [0.15, 0.2) is 54.6 Å². The number of carbonyl (C=O) groups is 1. The molecule has 0 atom stereocenters. The van der Waals surface area contributed by atoms with Crippen molar-refractivity contribution in [2.45, 2.75) is 33.0 Å². The van der Waals surface area contributed by atoms with Crippen molar-refractivity contribution in [2.75, 3.05) is 5.06 Å². The molecule has 2 rings (SSSR count). The summed E-state index contributed by atoms with van der Waals surface area (Å²) in [6.07, 6.45) is 0.658. The van der Waals surface area contributed by atoms with Crippen molar-refractivity contribution in [1.29, 1.82) is 0 Å². The predicted molar refractivity (Wildman–Crippen MR) is 86.6 cm³/mol. The Bertz CT molecular complexity index is 588. The first-order valence-electron chi connectivity index (χ1n) is 7.18. The van der Waals surface area contributed by atoms with Crippen LogP contribution in [0.3, 0.4) is 0 Å². The van der Waals surface area contributed by atoms with E-state index in [1.165, 1.54) is 5.06 Å². The van der Waals surface area contributed by atoms with E-state index in [1.807, 2.05) is 63.2 Å². The molecular formula is C18H21NO3. The van der Waals surface area contributed by atoms with E-state index in [9.17, 15) is 4.79 Å². The van der Waals surface area contributed by atoms with Gasteiger partial charge in [-0.25, -0.2) is 0 Å². The van der Waals surface area contributed by atoms with Crippen molar-refractivity contribution in [3.63, 3.8) is 0 Å². The average Bonchev–Trinajstić information content (AvgIpc) is 2.51. The molecule has 2 aromatic rings. The van der Waals surface area contributed by atoms with Crippen LogP contribution < -0.4 is 9.80 Å². The van der Waals surface area contributed by atoms with Gasteiger partial charge < -0.3 is 4.74 Å². The first-order chi connectivity index (χ1) is 10.5. The maximum atomic E-state index is 11.1. The number of hydroxylamine groups is 1. The zero-order valence-electron chi connectivity index (χ0n) is 13.2. The van der Waals surface area contributed by atoms with E-state index in [1.54, 1.807) is 12.1 Å². The highest BCUT2D eigenvalue weighted by molar-refractivity contribution is 5.72. The monoisotopic (exact) mass is 299 g/mol. The summed E-state index contributed by atoms with van der Waals surface area (Å²) in [5, 5.41) is 1.22. The molecule has 4 heteroatoms. The standard InChI is InChI=1S/C18H21NO3/c1-18(2,3)22-19(14-20)16-9-11-17(12-10-16)21-13-15-7-5-4-6-8-15/h4-12,14H,13H2,1-3H3. The molecule has 4 nitrogen and oxygen atoms in total. The Morgan fingerprint density at radius 1 is 1.00 bits per heavy atom. The highest BCUT2D eigenvalue weighted by Gasteiger charge is 2.17. The summed E-state index contributed by atoms with van der Waals surface area (Å²) in [6.45, 7) is 6.18. The zero-order chi connectivity index (χ0) is 16.0. The van der Waals surface area contributed by atoms with Crippen LogP contribution in [-0.4, -0.2) is 12.0 Å². The summed E-state index contributed by atoms with van der Waals surface area (Å²) in [5.41, 5.74) is 1.33. The van der Waals surface area contributed by atoms with Gasteiger partial charge in [-0.15, -0.1) is 0 Å². The van der Waals surface area contributed by atoms with Gasteiger partial charge in [-0.3, -0.25) is 9.63 Å². The Balaban J connectivity index is 1.98. The Hall–Kier alpha value is -2.33. The highest BCUT2D eigenvalue weighted by atomic mass is 16.7. The topological polar surface area (TPSA) is 38.8 Å². The van der Waals surface area contributed by atoms with Crippen LogP contribution in [0.5, 0.6) is 5.75 Å². The summed E-state index contributed by atoms with van der Waals surface area (Å²) >= 11 is 0. The van der Waals surface area contributed by atoms with Crippen molar-refractivity contribution in [3.8, 4) is 5.75 Å². The van der Waals surface area contributed by atoms with E-state index in [0.717, 1.165) is 11.3 Å². The number of carbonyl (C=O) groups excluding carboxylic acids is 1. The third-order valence-electron chi connectivity index (χ3n) is 2.81. The number of rotatable bonds is 6. The van der Waals surface area contributed by atoms with Crippen molar-refractivity contribution in [2.24, 2.45) is 0 Å². The lowest BCUT2D eigenvalue weighted by Gasteiger charge is -2.26. The number of hydrogen-bond donors (Lipinski definition) is 0. The number of amides is 1. The second-order valence-corrected chi connectivity index (χ2v) is 5.90. The maximum absolute atomic E-state index is 11.1. The highest BCUT2D eigenvalue weighted by Crippen LogP contribution is 2.22. The fraction of sp³-hybridized carbons (Fsp3) is 0.278. The van der Waals surface area contributed by atoms with E-state index in [0.29, 0.717) is 18.7 Å². The minimum atomic E-state index is -0.441. The van der Waals surface area contributed by atoms with Gasteiger partial charge in [0.1, 0.15) is 12.4 Å². The quantitative estimate of drug-likeness (QED) is 0.598. The second kappa shape index (κ2) is 7.09. The fourth-order valence-electron chi connectivity index (χ4n) is 1.86. The summed E-state index contributed by atoms with van der Waals surface area (Å²) in [6, 6.07) is 17.2. The lowest BCUT2D eigenvalue weighted by atomic mass is 10.2. The molecule has 0 bridgehead atoms. The zero-order valence-corrected chi connectivity index (χ0v) is 13.2. The van der Waals surface area contributed by atoms with E-state index in [4.69, 9.17) is 9.57 Å². The second-order valence-electron chi connectivity index (χ2n) is 5.90. The molecule has 0 saturated carbocycles. The Morgan fingerprint density at radius 3 is 2.18 bits per heavy atom. The third kappa shape index (κ3) is 4.90. The van der Waals surface area contributed by atoms with Gasteiger partial charge in [0.2, 0.25) is 6.41 Å². The number of anilines is 1. The third-order valence-corrected chi connectivity index (χ3v) is 2.81. The van der Waals surface area contributed by atoms with Gasteiger partial charge in [-0.05, 0) is 50.6 Å². The fourth-order valence-corrected chi connectivity index (χ4v) is 1.86. The number of nitrogens with zero attached hydrogens (tertiary/aromatic N) is 1. The SMILES string of the molecule is CC(C)(C)ON(C=O)c1ccc(OCc2ccccc2)cc1. The van der Waals surface area contributed by atoms with Gasteiger partial charge in [-0.2, -0.15) is 5.06 Å². The molecule has 0 heterocycles. The largest absolute Gasteiger partial charge is 0.489 e. The van der Waals surface area contributed by atoms with Crippen molar-refractivity contribution in [1.82, 2.24) is 0 Å². The van der Waals surface area contributed by atoms with Crippen LogP contribution in [0.2, 0.25) is 0 Å². The minimum absolute atomic E-state index is 0.441. The maximum Gasteiger partial charge on any atom is 0.238 e. The average molecular weight is 299 g/mol. The normalized spacial score (nSPS) is 11.0. The van der Waals surface area contributed by atoms with Crippen LogP contribution >= 0.6 is 0 Å². The Labute approximate surface area is 131 Å². The van der Waals surface area contributed by atoms with Crippen molar-refractivity contribution in [3.05, 3.63) is 60.2 Å². The first kappa shape index (κ1) is 16.0. The molecule has 22 heavy (non-hydrogen) atoms. The van der Waals surface area contributed by atoms with Gasteiger partial charge in [0.15, 0.2) is 0 Å². The molecule has 0 spiro atoms. The number of hydrogen-bond acceptors (Lipinski definition) is 3. The molecule has 0 aliphatic rings. The van der Waals surface area contributed by atoms with Crippen LogP contribution in [0.25, 0.3) is 0 Å². The Morgan fingerprint density at radius 2 is 1.64 bits per heavy atom. The van der Waals surface area contributed by atoms with Crippen LogP contribution in [0.4, 0.5) is 5.69 Å². The molecule has 0 aliphatic heterocycles. The van der Waals surface area contributed by atoms with Crippen LogP contribution in [0.1, 0.15) is 26.3 Å². The lowest BCUT2D eigenvalue weighted by Crippen LogP contribution is -2.32. The summed E-state index contributed by atoms with van der Waals surface area (Å²) in [7, 11) is 0. The van der Waals surface area contributed by atoms with Gasteiger partial charge in [-0.1, -0.05) is 30.3 Å². The van der Waals surface area contributed by atoms with E-state index < -0.39 is 5.60 Å². The molecule has 2 aromatic carbocycles. The van der Waals surface area contributed by atoms with E-state index in [-0.39, 0.29) is 0 Å². The number of benzene rings is 2. The molecule has 0 radical (unpaired) electrons.